The Hall–Kier alpha value is -3.36. The molecule has 0 radical (unpaired) electrons. The number of hydrogen-bond acceptors (Lipinski definition) is 3. The highest BCUT2D eigenvalue weighted by molar-refractivity contribution is 6.07. The summed E-state index contributed by atoms with van der Waals surface area (Å²) < 4.78 is 39.1. The highest BCUT2D eigenvalue weighted by Crippen LogP contribution is 2.32. The average molecular weight is 377 g/mol. The van der Waals surface area contributed by atoms with Crippen LogP contribution < -0.4 is 16.0 Å². The van der Waals surface area contributed by atoms with Crippen molar-refractivity contribution >= 4 is 23.5 Å². The number of carbonyl (C=O) groups is 3. The monoisotopic (exact) mass is 377 g/mol. The van der Waals surface area contributed by atoms with Crippen molar-refractivity contribution in [3.63, 3.8) is 0 Å². The maximum atomic E-state index is 13.0. The van der Waals surface area contributed by atoms with E-state index in [1.807, 2.05) is 0 Å². The van der Waals surface area contributed by atoms with E-state index in [0.29, 0.717) is 5.56 Å². The molecule has 1 saturated heterocycles. The lowest BCUT2D eigenvalue weighted by molar-refractivity contribution is -0.137. The third-order valence-corrected chi connectivity index (χ3v) is 4.24. The molecule has 2 aromatic carbocycles. The quantitative estimate of drug-likeness (QED) is 0.719. The van der Waals surface area contributed by atoms with Gasteiger partial charge in [0.25, 0.3) is 11.8 Å². The van der Waals surface area contributed by atoms with Gasteiger partial charge < -0.3 is 10.6 Å². The summed E-state index contributed by atoms with van der Waals surface area (Å²) >= 11 is 0. The van der Waals surface area contributed by atoms with E-state index in [2.05, 4.69) is 16.0 Å². The largest absolute Gasteiger partial charge is 0.417 e. The number of anilines is 1. The Morgan fingerprint density at radius 2 is 1.67 bits per heavy atom. The Morgan fingerprint density at radius 1 is 1.04 bits per heavy atom. The molecule has 0 aliphatic carbocycles. The standard InChI is InChI=1S/C18H14F3N3O3/c1-17(15(26)23-16(27)24-17)10-6-8-11(9-7-10)22-14(25)12-4-2-3-5-13(12)18(19,20)21/h2-9H,1H3,(H,22,25)(H2,23,24,26,27). The maximum absolute atomic E-state index is 13.0. The summed E-state index contributed by atoms with van der Waals surface area (Å²) in [5.41, 5.74) is -2.09. The van der Waals surface area contributed by atoms with E-state index >= 15 is 0 Å². The first-order valence-corrected chi connectivity index (χ1v) is 7.83. The average Bonchev–Trinajstić information content (AvgIpc) is 2.87. The van der Waals surface area contributed by atoms with Crippen LogP contribution in [0.2, 0.25) is 0 Å². The Bertz CT molecular complexity index is 925. The van der Waals surface area contributed by atoms with Crippen molar-refractivity contribution in [2.24, 2.45) is 0 Å². The zero-order chi connectivity index (χ0) is 19.8. The lowest BCUT2D eigenvalue weighted by atomic mass is 9.92. The van der Waals surface area contributed by atoms with Crippen LogP contribution in [0.1, 0.15) is 28.4 Å². The van der Waals surface area contributed by atoms with Crippen LogP contribution in [0.15, 0.2) is 48.5 Å². The van der Waals surface area contributed by atoms with Gasteiger partial charge in [-0.1, -0.05) is 24.3 Å². The molecule has 3 N–H and O–H groups in total. The second kappa shape index (κ2) is 6.42. The fourth-order valence-electron chi connectivity index (χ4n) is 2.76. The molecule has 2 aromatic rings. The number of alkyl halides is 3. The summed E-state index contributed by atoms with van der Waals surface area (Å²) in [6.07, 6.45) is -4.65. The van der Waals surface area contributed by atoms with E-state index in [1.54, 1.807) is 0 Å². The molecule has 6 nitrogen and oxygen atoms in total. The van der Waals surface area contributed by atoms with Gasteiger partial charge in [0.2, 0.25) is 0 Å². The molecule has 1 aliphatic heterocycles. The van der Waals surface area contributed by atoms with E-state index in [0.717, 1.165) is 12.1 Å². The lowest BCUT2D eigenvalue weighted by Gasteiger charge is -2.21. The summed E-state index contributed by atoms with van der Waals surface area (Å²) in [4.78, 5) is 35.5. The summed E-state index contributed by atoms with van der Waals surface area (Å²) in [6, 6.07) is 9.72. The van der Waals surface area contributed by atoms with E-state index in [9.17, 15) is 27.6 Å². The normalized spacial score (nSPS) is 19.4. The van der Waals surface area contributed by atoms with E-state index in [4.69, 9.17) is 0 Å². The SMILES string of the molecule is CC1(c2ccc(NC(=O)c3ccccc3C(F)(F)F)cc2)NC(=O)NC1=O. The minimum atomic E-state index is -4.65. The van der Waals surface area contributed by atoms with Crippen LogP contribution in [0.4, 0.5) is 23.7 Å². The Kier molecular flexibility index (Phi) is 4.38. The zero-order valence-electron chi connectivity index (χ0n) is 14.0. The first-order valence-electron chi connectivity index (χ1n) is 7.83. The Balaban J connectivity index is 1.81. The van der Waals surface area contributed by atoms with Crippen LogP contribution >= 0.6 is 0 Å². The van der Waals surface area contributed by atoms with Crippen molar-refractivity contribution < 1.29 is 27.6 Å². The summed E-state index contributed by atoms with van der Waals surface area (Å²) in [7, 11) is 0. The number of benzene rings is 2. The third kappa shape index (κ3) is 3.48. The first-order chi connectivity index (χ1) is 12.6. The van der Waals surface area contributed by atoms with Gasteiger partial charge in [-0.2, -0.15) is 13.2 Å². The molecule has 140 valence electrons. The molecule has 0 saturated carbocycles. The predicted octanol–water partition coefficient (Wildman–Crippen LogP) is 3.01. The second-order valence-electron chi connectivity index (χ2n) is 6.11. The third-order valence-electron chi connectivity index (χ3n) is 4.24. The number of urea groups is 1. The maximum Gasteiger partial charge on any atom is 0.417 e. The van der Waals surface area contributed by atoms with Crippen LogP contribution in [-0.2, 0) is 16.5 Å². The molecule has 0 spiro atoms. The first kappa shape index (κ1) is 18.4. The molecule has 0 bridgehead atoms. The number of amides is 4. The molecule has 3 rings (SSSR count). The minimum absolute atomic E-state index is 0.244. The Labute approximate surface area is 151 Å². The topological polar surface area (TPSA) is 87.3 Å². The number of halogens is 3. The smallest absolute Gasteiger partial charge is 0.322 e. The van der Waals surface area contributed by atoms with Crippen LogP contribution in [0.5, 0.6) is 0 Å². The molecule has 9 heteroatoms. The van der Waals surface area contributed by atoms with Crippen LogP contribution in [0.25, 0.3) is 0 Å². The van der Waals surface area contributed by atoms with Gasteiger partial charge in [0, 0.05) is 5.69 Å². The van der Waals surface area contributed by atoms with Crippen molar-refractivity contribution in [3.05, 3.63) is 65.2 Å². The molecule has 1 aliphatic rings. The minimum Gasteiger partial charge on any atom is -0.322 e. The van der Waals surface area contributed by atoms with E-state index in [1.165, 1.54) is 43.3 Å². The summed E-state index contributed by atoms with van der Waals surface area (Å²) in [5, 5.41) is 7.02. The van der Waals surface area contributed by atoms with Crippen LogP contribution in [0.3, 0.4) is 0 Å². The van der Waals surface area contributed by atoms with Gasteiger partial charge in [0.15, 0.2) is 0 Å². The van der Waals surface area contributed by atoms with Gasteiger partial charge in [-0.3, -0.25) is 14.9 Å². The number of imide groups is 1. The number of nitrogens with one attached hydrogen (secondary N) is 3. The molecule has 4 amide bonds. The van der Waals surface area contributed by atoms with Gasteiger partial charge in [-0.15, -0.1) is 0 Å². The molecule has 1 fully saturated rings. The van der Waals surface area contributed by atoms with E-state index < -0.39 is 40.7 Å². The molecular weight excluding hydrogens is 363 g/mol. The number of carbonyl (C=O) groups excluding carboxylic acids is 3. The number of hydrogen-bond donors (Lipinski definition) is 3. The molecule has 0 aromatic heterocycles. The molecule has 27 heavy (non-hydrogen) atoms. The Morgan fingerprint density at radius 3 is 2.22 bits per heavy atom. The fourth-order valence-corrected chi connectivity index (χ4v) is 2.76. The van der Waals surface area contributed by atoms with Crippen molar-refractivity contribution in [2.75, 3.05) is 5.32 Å². The predicted molar refractivity (Wildman–Crippen MR) is 89.9 cm³/mol. The van der Waals surface area contributed by atoms with Crippen molar-refractivity contribution in [1.82, 2.24) is 10.6 Å². The lowest BCUT2D eigenvalue weighted by Crippen LogP contribution is -2.40. The van der Waals surface area contributed by atoms with E-state index in [-0.39, 0.29) is 5.69 Å². The zero-order valence-corrected chi connectivity index (χ0v) is 14.0. The summed E-state index contributed by atoms with van der Waals surface area (Å²) in [5.74, 6) is -1.43. The van der Waals surface area contributed by atoms with Gasteiger partial charge in [0.05, 0.1) is 11.1 Å². The van der Waals surface area contributed by atoms with Gasteiger partial charge in [-0.25, -0.2) is 4.79 Å². The fraction of sp³-hybridized carbons (Fsp3) is 0.167. The second-order valence-corrected chi connectivity index (χ2v) is 6.11. The molecule has 1 heterocycles. The van der Waals surface area contributed by atoms with Gasteiger partial charge in [-0.05, 0) is 36.8 Å². The highest BCUT2D eigenvalue weighted by atomic mass is 19.4. The van der Waals surface area contributed by atoms with Crippen LogP contribution in [-0.4, -0.2) is 17.8 Å². The van der Waals surface area contributed by atoms with Crippen LogP contribution in [0, 0.1) is 0 Å². The van der Waals surface area contributed by atoms with Gasteiger partial charge in [0.1, 0.15) is 5.54 Å². The molecule has 1 unspecified atom stereocenters. The van der Waals surface area contributed by atoms with Crippen molar-refractivity contribution in [3.8, 4) is 0 Å². The van der Waals surface area contributed by atoms with Crippen molar-refractivity contribution in [1.29, 1.82) is 0 Å². The molecular formula is C18H14F3N3O3. The van der Waals surface area contributed by atoms with Crippen molar-refractivity contribution in [2.45, 2.75) is 18.6 Å². The van der Waals surface area contributed by atoms with Gasteiger partial charge >= 0.3 is 12.2 Å². The summed E-state index contributed by atoms with van der Waals surface area (Å²) in [6.45, 7) is 1.51. The molecule has 1 atom stereocenters. The number of rotatable bonds is 3. The highest BCUT2D eigenvalue weighted by Gasteiger charge is 2.43.